The maximum Gasteiger partial charge on any atom is 0.0540 e. The highest BCUT2D eigenvalue weighted by molar-refractivity contribution is 5.99. The van der Waals surface area contributed by atoms with Crippen LogP contribution >= 0.6 is 0 Å². The lowest BCUT2D eigenvalue weighted by Gasteiger charge is -2.36. The third-order valence-electron chi connectivity index (χ3n) is 9.21. The molecule has 0 saturated heterocycles. The van der Waals surface area contributed by atoms with Crippen molar-refractivity contribution < 1.29 is 0 Å². The zero-order valence-electron chi connectivity index (χ0n) is 25.8. The van der Waals surface area contributed by atoms with E-state index in [2.05, 4.69) is 186 Å². The quantitative estimate of drug-likeness (QED) is 0.185. The monoisotopic (exact) mass is 592 g/mol. The summed E-state index contributed by atoms with van der Waals surface area (Å²) < 4.78 is 0. The Labute approximate surface area is 271 Å². The molecule has 222 valence electrons. The molecular weight excluding hydrogens is 556 g/mol. The largest absolute Gasteiger partial charge is 0.314 e. The summed E-state index contributed by atoms with van der Waals surface area (Å²) >= 11 is 0. The Morgan fingerprint density at radius 3 is 1.98 bits per heavy atom. The molecule has 5 aromatic rings. The van der Waals surface area contributed by atoms with Crippen LogP contribution in [-0.4, -0.2) is 0 Å². The molecular formula is C44H36N2. The summed E-state index contributed by atoms with van der Waals surface area (Å²) in [4.78, 5) is 4.82. The number of nitrogens with zero attached hydrogens (tertiary/aromatic N) is 2. The number of fused-ring (bicyclic) bond motifs is 2. The van der Waals surface area contributed by atoms with Gasteiger partial charge in [0.25, 0.3) is 0 Å². The lowest BCUT2D eigenvalue weighted by atomic mass is 9.84. The molecule has 0 aliphatic heterocycles. The van der Waals surface area contributed by atoms with Gasteiger partial charge in [0.15, 0.2) is 0 Å². The number of anilines is 4. The second-order valence-electron chi connectivity index (χ2n) is 12.0. The maximum atomic E-state index is 2.46. The molecule has 3 aliphatic rings. The van der Waals surface area contributed by atoms with E-state index in [1.54, 1.807) is 0 Å². The molecule has 1 atom stereocenters. The van der Waals surface area contributed by atoms with Crippen LogP contribution in [0.2, 0.25) is 0 Å². The Morgan fingerprint density at radius 2 is 1.22 bits per heavy atom. The van der Waals surface area contributed by atoms with E-state index in [0.29, 0.717) is 5.92 Å². The van der Waals surface area contributed by atoms with Crippen molar-refractivity contribution in [3.05, 3.63) is 193 Å². The van der Waals surface area contributed by atoms with E-state index in [1.165, 1.54) is 50.2 Å². The maximum absolute atomic E-state index is 2.46. The minimum absolute atomic E-state index is 0.368. The number of hydrogen-bond donors (Lipinski definition) is 0. The molecule has 0 N–H and O–H groups in total. The predicted octanol–water partition coefficient (Wildman–Crippen LogP) is 12.0. The number of allylic oxidation sites excluding steroid dienone is 10. The molecule has 0 amide bonds. The van der Waals surface area contributed by atoms with Crippen LogP contribution in [0.15, 0.2) is 193 Å². The molecule has 0 saturated carbocycles. The molecule has 0 aromatic heterocycles. The van der Waals surface area contributed by atoms with Crippen LogP contribution in [0, 0.1) is 5.92 Å². The second kappa shape index (κ2) is 12.4. The first-order valence-corrected chi connectivity index (χ1v) is 16.3. The Bertz CT molecular complexity index is 2050. The van der Waals surface area contributed by atoms with Gasteiger partial charge in [-0.25, -0.2) is 0 Å². The number of benzene rings is 5. The van der Waals surface area contributed by atoms with Crippen LogP contribution in [0.3, 0.4) is 0 Å². The van der Waals surface area contributed by atoms with E-state index in [4.69, 9.17) is 0 Å². The molecule has 0 spiro atoms. The molecule has 0 heterocycles. The van der Waals surface area contributed by atoms with Crippen molar-refractivity contribution in [2.45, 2.75) is 19.3 Å². The van der Waals surface area contributed by atoms with E-state index in [9.17, 15) is 0 Å². The summed E-state index contributed by atoms with van der Waals surface area (Å²) in [5, 5.41) is 2.47. The van der Waals surface area contributed by atoms with Crippen molar-refractivity contribution in [1.82, 2.24) is 0 Å². The van der Waals surface area contributed by atoms with Crippen LogP contribution in [0.1, 0.15) is 19.3 Å². The highest BCUT2D eigenvalue weighted by Gasteiger charge is 2.27. The van der Waals surface area contributed by atoms with Gasteiger partial charge in [0.05, 0.1) is 5.69 Å². The van der Waals surface area contributed by atoms with E-state index < -0.39 is 0 Å². The fourth-order valence-corrected chi connectivity index (χ4v) is 6.94. The predicted molar refractivity (Wildman–Crippen MR) is 196 cm³/mol. The molecule has 0 radical (unpaired) electrons. The van der Waals surface area contributed by atoms with Gasteiger partial charge >= 0.3 is 0 Å². The summed E-state index contributed by atoms with van der Waals surface area (Å²) in [6.45, 7) is 0. The molecule has 1 unspecified atom stereocenters. The van der Waals surface area contributed by atoms with Gasteiger partial charge in [-0.2, -0.15) is 0 Å². The van der Waals surface area contributed by atoms with Crippen LogP contribution in [0.25, 0.3) is 21.9 Å². The lowest BCUT2D eigenvalue weighted by molar-refractivity contribution is 0.702. The normalized spacial score (nSPS) is 16.8. The van der Waals surface area contributed by atoms with Gasteiger partial charge in [0.1, 0.15) is 0 Å². The van der Waals surface area contributed by atoms with Crippen molar-refractivity contribution in [2.75, 3.05) is 9.80 Å². The topological polar surface area (TPSA) is 6.48 Å². The summed E-state index contributed by atoms with van der Waals surface area (Å²) in [7, 11) is 0. The minimum Gasteiger partial charge on any atom is -0.314 e. The summed E-state index contributed by atoms with van der Waals surface area (Å²) in [5.74, 6) is 0.368. The van der Waals surface area contributed by atoms with Gasteiger partial charge in [-0.15, -0.1) is 0 Å². The van der Waals surface area contributed by atoms with Crippen molar-refractivity contribution in [3.8, 4) is 11.1 Å². The van der Waals surface area contributed by atoms with Gasteiger partial charge in [-0.3, -0.25) is 0 Å². The minimum atomic E-state index is 0.368. The average molecular weight is 593 g/mol. The second-order valence-corrected chi connectivity index (χ2v) is 12.0. The molecule has 5 aromatic carbocycles. The SMILES string of the molecule is C1=CCC2C(=C1)C=CC=C2N(C1=CCCC=C1)c1ccc(-c2ccc(N(c3ccccc3)c3cccc4ccccc34)cc2)cc1. The fraction of sp³-hybridized carbons (Fsp3) is 0.0909. The number of hydrogen-bond acceptors (Lipinski definition) is 2. The van der Waals surface area contributed by atoms with E-state index in [1.807, 2.05) is 0 Å². The van der Waals surface area contributed by atoms with Gasteiger partial charge in [-0.1, -0.05) is 121 Å². The zero-order chi connectivity index (χ0) is 30.7. The zero-order valence-corrected chi connectivity index (χ0v) is 25.8. The molecule has 2 heteroatoms. The number of rotatable bonds is 7. The summed E-state index contributed by atoms with van der Waals surface area (Å²) in [6.07, 6.45) is 23.6. The first-order valence-electron chi connectivity index (χ1n) is 16.3. The van der Waals surface area contributed by atoms with Gasteiger partial charge in [0.2, 0.25) is 0 Å². The van der Waals surface area contributed by atoms with Gasteiger partial charge < -0.3 is 9.80 Å². The van der Waals surface area contributed by atoms with E-state index in [0.717, 1.165) is 30.6 Å². The molecule has 0 bridgehead atoms. The van der Waals surface area contributed by atoms with Crippen LogP contribution in [0.5, 0.6) is 0 Å². The lowest BCUT2D eigenvalue weighted by Crippen LogP contribution is -2.28. The Balaban J connectivity index is 1.13. The van der Waals surface area contributed by atoms with Crippen molar-refractivity contribution in [2.24, 2.45) is 5.92 Å². The Kier molecular flexibility index (Phi) is 7.54. The van der Waals surface area contributed by atoms with Crippen molar-refractivity contribution in [1.29, 1.82) is 0 Å². The molecule has 3 aliphatic carbocycles. The van der Waals surface area contributed by atoms with Crippen LogP contribution in [0.4, 0.5) is 22.7 Å². The highest BCUT2D eigenvalue weighted by atomic mass is 15.2. The summed E-state index contributed by atoms with van der Waals surface area (Å²) in [6, 6.07) is 43.8. The van der Waals surface area contributed by atoms with Crippen molar-refractivity contribution in [3.63, 3.8) is 0 Å². The van der Waals surface area contributed by atoms with Crippen molar-refractivity contribution >= 4 is 33.5 Å². The average Bonchev–Trinajstić information content (AvgIpc) is 3.14. The summed E-state index contributed by atoms with van der Waals surface area (Å²) in [5.41, 5.74) is 11.0. The first-order chi connectivity index (χ1) is 22.8. The first kappa shape index (κ1) is 27.9. The van der Waals surface area contributed by atoms with Gasteiger partial charge in [0, 0.05) is 39.8 Å². The highest BCUT2D eigenvalue weighted by Crippen LogP contribution is 2.41. The molecule has 46 heavy (non-hydrogen) atoms. The van der Waals surface area contributed by atoms with E-state index >= 15 is 0 Å². The Morgan fingerprint density at radius 1 is 0.522 bits per heavy atom. The van der Waals surface area contributed by atoms with E-state index in [-0.39, 0.29) is 0 Å². The standard InChI is InChI=1S/C44H36N2/c1-3-17-37(18-4-1)45(43-23-11-15-35-13-7-9-21-41(35)43)39-29-25-33(26-30-39)34-27-31-40(32-28-34)46(38-19-5-2-6-20-38)44-24-12-16-36-14-8-10-22-42(36)44/h1,3-5,7-21,23-32,42H,2,6,22H2. The smallest absolute Gasteiger partial charge is 0.0540 e. The van der Waals surface area contributed by atoms with Gasteiger partial charge in [-0.05, 0) is 96.0 Å². The number of para-hydroxylation sites is 1. The molecule has 2 nitrogen and oxygen atoms in total. The van der Waals surface area contributed by atoms with Crippen LogP contribution < -0.4 is 9.80 Å². The Hall–Kier alpha value is -5.60. The third-order valence-corrected chi connectivity index (χ3v) is 9.21. The third kappa shape index (κ3) is 5.33. The van der Waals surface area contributed by atoms with Crippen LogP contribution in [-0.2, 0) is 0 Å². The molecule has 0 fully saturated rings. The molecule has 8 rings (SSSR count). The fourth-order valence-electron chi connectivity index (χ4n) is 6.94.